The number of ether oxygens (including phenoxy) is 1. The molecular formula is C18H23NO. The molecule has 0 radical (unpaired) electrons. The van der Waals surface area contributed by atoms with Gasteiger partial charge in [0.1, 0.15) is 12.4 Å². The minimum Gasteiger partial charge on any atom is -0.489 e. The molecule has 0 aliphatic heterocycles. The molecule has 2 aromatic rings. The maximum Gasteiger partial charge on any atom is 0.124 e. The van der Waals surface area contributed by atoms with Gasteiger partial charge in [0.05, 0.1) is 0 Å². The minimum atomic E-state index is 0.612. The van der Waals surface area contributed by atoms with Crippen molar-refractivity contribution in [1.82, 2.24) is 5.32 Å². The molecule has 0 amide bonds. The van der Waals surface area contributed by atoms with E-state index in [1.165, 1.54) is 27.8 Å². The van der Waals surface area contributed by atoms with E-state index in [4.69, 9.17) is 4.74 Å². The number of hydrogen-bond acceptors (Lipinski definition) is 2. The van der Waals surface area contributed by atoms with Gasteiger partial charge in [0.15, 0.2) is 0 Å². The van der Waals surface area contributed by atoms with E-state index in [1.54, 1.807) is 0 Å². The first-order valence-electron chi connectivity index (χ1n) is 7.03. The Morgan fingerprint density at radius 3 is 2.45 bits per heavy atom. The molecule has 0 aliphatic rings. The minimum absolute atomic E-state index is 0.612. The van der Waals surface area contributed by atoms with Gasteiger partial charge >= 0.3 is 0 Å². The molecule has 0 saturated carbocycles. The average molecular weight is 269 g/mol. The molecule has 2 heteroatoms. The van der Waals surface area contributed by atoms with Crippen LogP contribution >= 0.6 is 0 Å². The van der Waals surface area contributed by atoms with E-state index in [-0.39, 0.29) is 0 Å². The Morgan fingerprint density at radius 1 is 0.950 bits per heavy atom. The summed E-state index contributed by atoms with van der Waals surface area (Å²) in [4.78, 5) is 0. The van der Waals surface area contributed by atoms with Gasteiger partial charge in [-0.25, -0.2) is 0 Å². The molecule has 20 heavy (non-hydrogen) atoms. The van der Waals surface area contributed by atoms with Crippen LogP contribution in [-0.4, -0.2) is 7.05 Å². The van der Waals surface area contributed by atoms with Gasteiger partial charge < -0.3 is 10.1 Å². The summed E-state index contributed by atoms with van der Waals surface area (Å²) in [5.74, 6) is 0.961. The van der Waals surface area contributed by atoms with Gasteiger partial charge in [-0.15, -0.1) is 0 Å². The molecule has 0 atom stereocenters. The zero-order valence-electron chi connectivity index (χ0n) is 12.8. The van der Waals surface area contributed by atoms with Crippen LogP contribution in [0.2, 0.25) is 0 Å². The maximum absolute atomic E-state index is 5.99. The predicted molar refractivity (Wildman–Crippen MR) is 84.2 cm³/mol. The molecule has 0 heterocycles. The second-order valence-corrected chi connectivity index (χ2v) is 5.35. The SMILES string of the molecule is CNCc1cc(C)ccc1OCc1ccc(C)c(C)c1. The third-order valence-electron chi connectivity index (χ3n) is 3.55. The molecule has 2 aromatic carbocycles. The highest BCUT2D eigenvalue weighted by Crippen LogP contribution is 2.21. The van der Waals surface area contributed by atoms with Gasteiger partial charge in [-0.2, -0.15) is 0 Å². The molecule has 0 unspecified atom stereocenters. The van der Waals surface area contributed by atoms with Crippen LogP contribution in [0.3, 0.4) is 0 Å². The summed E-state index contributed by atoms with van der Waals surface area (Å²) in [5, 5.41) is 3.19. The third-order valence-corrected chi connectivity index (χ3v) is 3.55. The van der Waals surface area contributed by atoms with Crippen LogP contribution in [0.5, 0.6) is 5.75 Å². The molecule has 2 rings (SSSR count). The predicted octanol–water partition coefficient (Wildman–Crippen LogP) is 3.91. The molecular weight excluding hydrogens is 246 g/mol. The second kappa shape index (κ2) is 6.58. The zero-order valence-corrected chi connectivity index (χ0v) is 12.8. The summed E-state index contributed by atoms with van der Waals surface area (Å²) in [6.07, 6.45) is 0. The highest BCUT2D eigenvalue weighted by Gasteiger charge is 2.04. The summed E-state index contributed by atoms with van der Waals surface area (Å²) in [6.45, 7) is 7.80. The molecule has 1 N–H and O–H groups in total. The van der Waals surface area contributed by atoms with E-state index in [9.17, 15) is 0 Å². The Labute approximate surface area is 121 Å². The Kier molecular flexibility index (Phi) is 4.80. The van der Waals surface area contributed by atoms with Crippen molar-refractivity contribution < 1.29 is 4.74 Å². The number of aryl methyl sites for hydroxylation is 3. The Balaban J connectivity index is 2.11. The van der Waals surface area contributed by atoms with Crippen molar-refractivity contribution in [2.24, 2.45) is 0 Å². The third kappa shape index (κ3) is 3.61. The summed E-state index contributed by atoms with van der Waals surface area (Å²) in [5.41, 5.74) is 6.31. The Hall–Kier alpha value is -1.80. The van der Waals surface area contributed by atoms with Crippen molar-refractivity contribution >= 4 is 0 Å². The van der Waals surface area contributed by atoms with Gasteiger partial charge in [-0.3, -0.25) is 0 Å². The van der Waals surface area contributed by atoms with E-state index < -0.39 is 0 Å². The number of nitrogens with one attached hydrogen (secondary N) is 1. The van der Waals surface area contributed by atoms with Gasteiger partial charge in [0.2, 0.25) is 0 Å². The van der Waals surface area contributed by atoms with Crippen LogP contribution < -0.4 is 10.1 Å². The van der Waals surface area contributed by atoms with E-state index in [0.717, 1.165) is 12.3 Å². The van der Waals surface area contributed by atoms with Crippen molar-refractivity contribution in [1.29, 1.82) is 0 Å². The van der Waals surface area contributed by atoms with Gasteiger partial charge in [-0.1, -0.05) is 35.9 Å². The molecule has 0 bridgehead atoms. The lowest BCUT2D eigenvalue weighted by molar-refractivity contribution is 0.302. The number of benzene rings is 2. The molecule has 106 valence electrons. The van der Waals surface area contributed by atoms with Crippen LogP contribution in [-0.2, 0) is 13.2 Å². The largest absolute Gasteiger partial charge is 0.489 e. The van der Waals surface area contributed by atoms with Gasteiger partial charge in [0, 0.05) is 12.1 Å². The van der Waals surface area contributed by atoms with Crippen molar-refractivity contribution in [2.75, 3.05) is 7.05 Å². The first-order valence-corrected chi connectivity index (χ1v) is 7.03. The summed E-state index contributed by atoms with van der Waals surface area (Å²) < 4.78 is 5.99. The Morgan fingerprint density at radius 2 is 1.75 bits per heavy atom. The smallest absolute Gasteiger partial charge is 0.124 e. The molecule has 0 fully saturated rings. The maximum atomic E-state index is 5.99. The highest BCUT2D eigenvalue weighted by atomic mass is 16.5. The van der Waals surface area contributed by atoms with Crippen LogP contribution in [0.4, 0.5) is 0 Å². The number of rotatable bonds is 5. The summed E-state index contributed by atoms with van der Waals surface area (Å²) in [6, 6.07) is 12.8. The lowest BCUT2D eigenvalue weighted by atomic mass is 10.1. The first-order chi connectivity index (χ1) is 9.60. The van der Waals surface area contributed by atoms with E-state index in [0.29, 0.717) is 6.61 Å². The zero-order chi connectivity index (χ0) is 14.5. The van der Waals surface area contributed by atoms with Crippen LogP contribution in [0.25, 0.3) is 0 Å². The van der Waals surface area contributed by atoms with Gasteiger partial charge in [0.25, 0.3) is 0 Å². The molecule has 2 nitrogen and oxygen atoms in total. The molecule has 0 aromatic heterocycles. The quantitative estimate of drug-likeness (QED) is 0.888. The monoisotopic (exact) mass is 269 g/mol. The lowest BCUT2D eigenvalue weighted by Crippen LogP contribution is -2.08. The Bertz CT molecular complexity index is 590. The van der Waals surface area contributed by atoms with Gasteiger partial charge in [-0.05, 0) is 50.6 Å². The molecule has 0 spiro atoms. The second-order valence-electron chi connectivity index (χ2n) is 5.35. The topological polar surface area (TPSA) is 21.3 Å². The fraction of sp³-hybridized carbons (Fsp3) is 0.333. The normalized spacial score (nSPS) is 10.6. The highest BCUT2D eigenvalue weighted by molar-refractivity contribution is 5.37. The lowest BCUT2D eigenvalue weighted by Gasteiger charge is -2.13. The molecule has 0 aliphatic carbocycles. The number of hydrogen-bond donors (Lipinski definition) is 1. The van der Waals surface area contributed by atoms with Crippen molar-refractivity contribution in [2.45, 2.75) is 33.9 Å². The van der Waals surface area contributed by atoms with Crippen LogP contribution in [0.15, 0.2) is 36.4 Å². The van der Waals surface area contributed by atoms with Crippen molar-refractivity contribution in [3.05, 3.63) is 64.2 Å². The fourth-order valence-corrected chi connectivity index (χ4v) is 2.23. The summed E-state index contributed by atoms with van der Waals surface area (Å²) in [7, 11) is 1.95. The van der Waals surface area contributed by atoms with E-state index in [1.807, 2.05) is 7.05 Å². The fourth-order valence-electron chi connectivity index (χ4n) is 2.23. The standard InChI is InChI=1S/C18H23NO/c1-13-5-8-18(17(9-13)11-19-4)20-12-16-7-6-14(2)15(3)10-16/h5-10,19H,11-12H2,1-4H3. The van der Waals surface area contributed by atoms with E-state index >= 15 is 0 Å². The average Bonchev–Trinajstić information content (AvgIpc) is 2.42. The van der Waals surface area contributed by atoms with Crippen LogP contribution in [0.1, 0.15) is 27.8 Å². The van der Waals surface area contributed by atoms with Crippen LogP contribution in [0, 0.1) is 20.8 Å². The summed E-state index contributed by atoms with van der Waals surface area (Å²) >= 11 is 0. The van der Waals surface area contributed by atoms with Crippen molar-refractivity contribution in [3.8, 4) is 5.75 Å². The van der Waals surface area contributed by atoms with E-state index in [2.05, 4.69) is 62.5 Å². The first kappa shape index (κ1) is 14.6. The van der Waals surface area contributed by atoms with Crippen molar-refractivity contribution in [3.63, 3.8) is 0 Å². The molecule has 0 saturated heterocycles.